The van der Waals surface area contributed by atoms with Crippen LogP contribution in [0.25, 0.3) is 0 Å². The molecule has 2 aliphatic rings. The molecule has 6 heteroatoms. The van der Waals surface area contributed by atoms with Crippen molar-refractivity contribution in [3.63, 3.8) is 0 Å². The highest BCUT2D eigenvalue weighted by atomic mass is 15.3. The van der Waals surface area contributed by atoms with Crippen molar-refractivity contribution >= 4 is 11.6 Å². The van der Waals surface area contributed by atoms with Crippen molar-refractivity contribution in [3.8, 4) is 0 Å². The smallest absolute Gasteiger partial charge is 0.151 e. The van der Waals surface area contributed by atoms with Gasteiger partial charge in [0.2, 0.25) is 0 Å². The second kappa shape index (κ2) is 6.10. The molecule has 120 valence electrons. The Morgan fingerprint density at radius 1 is 1.22 bits per heavy atom. The minimum absolute atomic E-state index is 0.449. The van der Waals surface area contributed by atoms with Crippen molar-refractivity contribution in [2.75, 3.05) is 29.9 Å². The van der Waals surface area contributed by atoms with Crippen molar-refractivity contribution < 1.29 is 0 Å². The Balaban J connectivity index is 1.55. The van der Waals surface area contributed by atoms with E-state index in [1.807, 2.05) is 12.1 Å². The van der Waals surface area contributed by atoms with Crippen LogP contribution in [0, 0.1) is 0 Å². The van der Waals surface area contributed by atoms with Crippen LogP contribution in [0.1, 0.15) is 30.5 Å². The molecular weight excluding hydrogens is 288 g/mol. The zero-order chi connectivity index (χ0) is 15.6. The van der Waals surface area contributed by atoms with E-state index in [-0.39, 0.29) is 0 Å². The van der Waals surface area contributed by atoms with Crippen LogP contribution < -0.4 is 9.80 Å². The third-order valence-electron chi connectivity index (χ3n) is 5.01. The molecule has 2 aromatic heterocycles. The van der Waals surface area contributed by atoms with Gasteiger partial charge < -0.3 is 9.80 Å². The molecule has 0 aromatic carbocycles. The minimum Gasteiger partial charge on any atom is -0.355 e. The largest absolute Gasteiger partial charge is 0.355 e. The second-order valence-electron chi connectivity index (χ2n) is 6.41. The lowest BCUT2D eigenvalue weighted by molar-refractivity contribution is 0.481. The summed E-state index contributed by atoms with van der Waals surface area (Å²) in [4.78, 5) is 13.7. The summed E-state index contributed by atoms with van der Waals surface area (Å²) in [6.07, 6.45) is 9.20. The molecule has 1 fully saturated rings. The topological polar surface area (TPSA) is 58.0 Å². The van der Waals surface area contributed by atoms with Gasteiger partial charge in [0, 0.05) is 43.6 Å². The fourth-order valence-electron chi connectivity index (χ4n) is 3.76. The molecule has 0 spiro atoms. The van der Waals surface area contributed by atoms with Crippen molar-refractivity contribution in [2.24, 2.45) is 0 Å². The Morgan fingerprint density at radius 3 is 3.04 bits per heavy atom. The van der Waals surface area contributed by atoms with Gasteiger partial charge in [-0.2, -0.15) is 5.10 Å². The van der Waals surface area contributed by atoms with Crippen LogP contribution in [-0.2, 0) is 12.8 Å². The van der Waals surface area contributed by atoms with Crippen LogP contribution in [0.2, 0.25) is 0 Å². The van der Waals surface area contributed by atoms with E-state index in [1.165, 1.54) is 30.5 Å². The van der Waals surface area contributed by atoms with Gasteiger partial charge in [-0.05, 0) is 44.2 Å². The highest BCUT2D eigenvalue weighted by molar-refractivity contribution is 5.51. The highest BCUT2D eigenvalue weighted by Crippen LogP contribution is 2.30. The van der Waals surface area contributed by atoms with Gasteiger partial charge in [0.25, 0.3) is 0 Å². The molecule has 1 atom stereocenters. The van der Waals surface area contributed by atoms with Gasteiger partial charge in [0.15, 0.2) is 5.82 Å². The Bertz CT molecular complexity index is 674. The first-order valence-electron chi connectivity index (χ1n) is 8.41. The van der Waals surface area contributed by atoms with E-state index < -0.39 is 0 Å². The van der Waals surface area contributed by atoms with E-state index in [4.69, 9.17) is 0 Å². The molecule has 0 amide bonds. The Morgan fingerprint density at radius 2 is 2.17 bits per heavy atom. The third kappa shape index (κ3) is 2.73. The second-order valence-corrected chi connectivity index (χ2v) is 6.41. The number of likely N-dealkylation sites (N-methyl/N-ethyl adjacent to an activating group) is 1. The maximum absolute atomic E-state index is 4.59. The summed E-state index contributed by atoms with van der Waals surface area (Å²) in [5, 5.41) is 8.27. The Kier molecular flexibility index (Phi) is 3.81. The van der Waals surface area contributed by atoms with E-state index in [2.05, 4.69) is 37.0 Å². The first-order valence-corrected chi connectivity index (χ1v) is 8.41. The van der Waals surface area contributed by atoms with Crippen molar-refractivity contribution in [1.29, 1.82) is 0 Å². The van der Waals surface area contributed by atoms with Gasteiger partial charge >= 0.3 is 0 Å². The summed E-state index contributed by atoms with van der Waals surface area (Å²) in [5.41, 5.74) is 2.59. The van der Waals surface area contributed by atoms with Crippen molar-refractivity contribution in [2.45, 2.75) is 38.1 Å². The van der Waals surface area contributed by atoms with E-state index in [0.29, 0.717) is 6.04 Å². The molecule has 0 saturated carbocycles. The molecule has 4 rings (SSSR count). The number of fused-ring (bicyclic) bond motifs is 1. The first-order chi connectivity index (χ1) is 11.3. The van der Waals surface area contributed by atoms with Crippen molar-refractivity contribution in [1.82, 2.24) is 20.2 Å². The zero-order valence-electron chi connectivity index (χ0n) is 13.5. The van der Waals surface area contributed by atoms with Crippen LogP contribution in [-0.4, -0.2) is 46.3 Å². The average molecular weight is 310 g/mol. The number of aromatic nitrogens is 4. The number of hydrogen-bond donors (Lipinski definition) is 0. The predicted octanol–water partition coefficient (Wildman–Crippen LogP) is 1.86. The van der Waals surface area contributed by atoms with E-state index in [1.54, 1.807) is 12.5 Å². The zero-order valence-corrected chi connectivity index (χ0v) is 13.5. The quantitative estimate of drug-likeness (QED) is 0.862. The summed E-state index contributed by atoms with van der Waals surface area (Å²) in [6, 6.07) is 4.44. The number of piperidine rings is 1. The average Bonchev–Trinajstić information content (AvgIpc) is 3.11. The van der Waals surface area contributed by atoms with Gasteiger partial charge in [-0.3, -0.25) is 0 Å². The van der Waals surface area contributed by atoms with E-state index in [0.717, 1.165) is 37.6 Å². The minimum atomic E-state index is 0.449. The molecule has 1 saturated heterocycles. The standard InChI is InChI=1S/C17H22N6/c1-22(17-14-6-2-7-15(14)18-12-19-17)13-5-4-10-23(11-13)16-8-3-9-20-21-16/h3,8-9,12-13H,2,4-7,10-11H2,1H3/t13-/m0/s1. The maximum atomic E-state index is 4.59. The monoisotopic (exact) mass is 310 g/mol. The molecule has 1 aliphatic heterocycles. The van der Waals surface area contributed by atoms with Gasteiger partial charge in [0.05, 0.1) is 0 Å². The molecule has 6 nitrogen and oxygen atoms in total. The van der Waals surface area contributed by atoms with E-state index in [9.17, 15) is 0 Å². The Hall–Kier alpha value is -2.24. The lowest BCUT2D eigenvalue weighted by atomic mass is 10.0. The van der Waals surface area contributed by atoms with Gasteiger partial charge in [-0.1, -0.05) is 0 Å². The van der Waals surface area contributed by atoms with E-state index >= 15 is 0 Å². The summed E-state index contributed by atoms with van der Waals surface area (Å²) < 4.78 is 0. The highest BCUT2D eigenvalue weighted by Gasteiger charge is 2.28. The molecule has 0 radical (unpaired) electrons. The lowest BCUT2D eigenvalue weighted by Gasteiger charge is -2.39. The van der Waals surface area contributed by atoms with Crippen LogP contribution in [0.5, 0.6) is 0 Å². The fourth-order valence-corrected chi connectivity index (χ4v) is 3.76. The van der Waals surface area contributed by atoms with Gasteiger partial charge in [0.1, 0.15) is 12.1 Å². The van der Waals surface area contributed by atoms with Crippen LogP contribution >= 0.6 is 0 Å². The van der Waals surface area contributed by atoms with Gasteiger partial charge in [-0.15, -0.1) is 5.10 Å². The predicted molar refractivity (Wildman–Crippen MR) is 89.7 cm³/mol. The number of anilines is 2. The molecule has 0 bridgehead atoms. The fraction of sp³-hybridized carbons (Fsp3) is 0.529. The third-order valence-corrected chi connectivity index (χ3v) is 5.01. The molecule has 1 aliphatic carbocycles. The molecule has 0 N–H and O–H groups in total. The van der Waals surface area contributed by atoms with Crippen LogP contribution in [0.4, 0.5) is 11.6 Å². The number of nitrogens with zero attached hydrogens (tertiary/aromatic N) is 6. The SMILES string of the molecule is CN(c1ncnc2c1CCC2)[C@H]1CCCN(c2cccnn2)C1. The number of hydrogen-bond acceptors (Lipinski definition) is 6. The molecular formula is C17H22N6. The normalized spacial score (nSPS) is 20.4. The molecule has 3 heterocycles. The number of rotatable bonds is 3. The first kappa shape index (κ1) is 14.4. The summed E-state index contributed by atoms with van der Waals surface area (Å²) >= 11 is 0. The summed E-state index contributed by atoms with van der Waals surface area (Å²) in [7, 11) is 2.17. The lowest BCUT2D eigenvalue weighted by Crippen LogP contribution is -2.47. The summed E-state index contributed by atoms with van der Waals surface area (Å²) in [6.45, 7) is 2.01. The molecule has 2 aromatic rings. The van der Waals surface area contributed by atoms with Crippen LogP contribution in [0.15, 0.2) is 24.7 Å². The Labute approximate surface area is 136 Å². The maximum Gasteiger partial charge on any atom is 0.151 e. The van der Waals surface area contributed by atoms with Crippen LogP contribution in [0.3, 0.4) is 0 Å². The van der Waals surface area contributed by atoms with Gasteiger partial charge in [-0.25, -0.2) is 9.97 Å². The summed E-state index contributed by atoms with van der Waals surface area (Å²) in [5.74, 6) is 2.09. The molecule has 23 heavy (non-hydrogen) atoms. The number of aryl methyl sites for hydroxylation is 1. The molecule has 0 unspecified atom stereocenters. The van der Waals surface area contributed by atoms with Crippen molar-refractivity contribution in [3.05, 3.63) is 35.9 Å².